The molecule has 0 fully saturated rings. The van der Waals surface area contributed by atoms with Gasteiger partial charge >= 0.3 is 0 Å². The molecule has 4 nitrogen and oxygen atoms in total. The standard InChI is InChI=1S/C15H15BrN2O2/c1-2-19-11-4-6-12(7-5-11)20-14-8-3-10(15(17)18)9-13(14)16/h3-9H,2H2,1H3,(H3,17,18). The molecule has 104 valence electrons. The lowest BCUT2D eigenvalue weighted by atomic mass is 10.2. The van der Waals surface area contributed by atoms with Crippen molar-refractivity contribution >= 4 is 21.8 Å². The van der Waals surface area contributed by atoms with E-state index in [2.05, 4.69) is 15.9 Å². The van der Waals surface area contributed by atoms with E-state index in [1.807, 2.05) is 31.2 Å². The molecule has 0 bridgehead atoms. The Hall–Kier alpha value is -2.01. The van der Waals surface area contributed by atoms with Gasteiger partial charge in [0.2, 0.25) is 0 Å². The van der Waals surface area contributed by atoms with Crippen LogP contribution in [0.4, 0.5) is 0 Å². The number of hydrogen-bond donors (Lipinski definition) is 2. The number of nitrogens with one attached hydrogen (secondary N) is 1. The van der Waals surface area contributed by atoms with Crippen LogP contribution in [0.3, 0.4) is 0 Å². The van der Waals surface area contributed by atoms with Crippen LogP contribution in [0.2, 0.25) is 0 Å². The third-order valence-corrected chi connectivity index (χ3v) is 3.23. The van der Waals surface area contributed by atoms with Crippen molar-refractivity contribution in [2.24, 2.45) is 5.73 Å². The highest BCUT2D eigenvalue weighted by Gasteiger charge is 2.06. The smallest absolute Gasteiger partial charge is 0.141 e. The summed E-state index contributed by atoms with van der Waals surface area (Å²) in [5.74, 6) is 2.22. The normalized spacial score (nSPS) is 10.1. The van der Waals surface area contributed by atoms with Gasteiger partial charge in [0.25, 0.3) is 0 Å². The zero-order valence-corrected chi connectivity index (χ0v) is 12.6. The molecule has 0 saturated carbocycles. The van der Waals surface area contributed by atoms with Crippen molar-refractivity contribution in [3.05, 3.63) is 52.5 Å². The van der Waals surface area contributed by atoms with Crippen molar-refractivity contribution in [3.63, 3.8) is 0 Å². The number of hydrogen-bond acceptors (Lipinski definition) is 3. The van der Waals surface area contributed by atoms with Crippen LogP contribution in [0.25, 0.3) is 0 Å². The maximum atomic E-state index is 7.39. The summed E-state index contributed by atoms with van der Waals surface area (Å²) in [5.41, 5.74) is 6.09. The van der Waals surface area contributed by atoms with Gasteiger partial charge < -0.3 is 15.2 Å². The lowest BCUT2D eigenvalue weighted by Gasteiger charge is -2.10. The average Bonchev–Trinajstić information content (AvgIpc) is 2.43. The van der Waals surface area contributed by atoms with Crippen molar-refractivity contribution in [2.45, 2.75) is 6.92 Å². The van der Waals surface area contributed by atoms with Crippen LogP contribution in [0.5, 0.6) is 17.2 Å². The van der Waals surface area contributed by atoms with Crippen LogP contribution in [-0.4, -0.2) is 12.4 Å². The monoisotopic (exact) mass is 334 g/mol. The molecule has 0 radical (unpaired) electrons. The Balaban J connectivity index is 2.15. The molecular formula is C15H15BrN2O2. The second-order valence-electron chi connectivity index (χ2n) is 4.07. The highest BCUT2D eigenvalue weighted by Crippen LogP contribution is 2.31. The molecule has 0 unspecified atom stereocenters. The van der Waals surface area contributed by atoms with E-state index in [-0.39, 0.29) is 5.84 Å². The molecule has 0 amide bonds. The molecule has 2 aromatic rings. The van der Waals surface area contributed by atoms with Gasteiger partial charge in [-0.05, 0) is 65.3 Å². The van der Waals surface area contributed by atoms with Crippen molar-refractivity contribution in [2.75, 3.05) is 6.61 Å². The van der Waals surface area contributed by atoms with Crippen LogP contribution < -0.4 is 15.2 Å². The van der Waals surface area contributed by atoms with Crippen LogP contribution in [0, 0.1) is 5.41 Å². The maximum absolute atomic E-state index is 7.39. The molecule has 0 heterocycles. The predicted octanol–water partition coefficient (Wildman–Crippen LogP) is 3.92. The molecule has 0 spiro atoms. The van der Waals surface area contributed by atoms with Crippen LogP contribution in [-0.2, 0) is 0 Å². The first-order chi connectivity index (χ1) is 9.60. The molecule has 0 aliphatic heterocycles. The van der Waals surface area contributed by atoms with Gasteiger partial charge in [-0.25, -0.2) is 0 Å². The summed E-state index contributed by atoms with van der Waals surface area (Å²) in [4.78, 5) is 0. The molecule has 3 N–H and O–H groups in total. The Kier molecular flexibility index (Phi) is 4.63. The molecule has 5 heteroatoms. The number of nitrogen functional groups attached to an aromatic ring is 1. The second kappa shape index (κ2) is 6.43. The van der Waals surface area contributed by atoms with Gasteiger partial charge in [0.05, 0.1) is 11.1 Å². The predicted molar refractivity (Wildman–Crippen MR) is 82.8 cm³/mol. The Morgan fingerprint density at radius 1 is 1.15 bits per heavy atom. The molecule has 0 saturated heterocycles. The summed E-state index contributed by atoms with van der Waals surface area (Å²) in [6.07, 6.45) is 0. The van der Waals surface area contributed by atoms with Gasteiger partial charge in [-0.3, -0.25) is 5.41 Å². The minimum atomic E-state index is 0.0262. The molecule has 0 aliphatic carbocycles. The third-order valence-electron chi connectivity index (χ3n) is 2.61. The van der Waals surface area contributed by atoms with Gasteiger partial charge in [-0.15, -0.1) is 0 Å². The maximum Gasteiger partial charge on any atom is 0.141 e. The summed E-state index contributed by atoms with van der Waals surface area (Å²) in [7, 11) is 0. The Bertz CT molecular complexity index is 612. The minimum absolute atomic E-state index is 0.0262. The number of benzene rings is 2. The van der Waals surface area contributed by atoms with Gasteiger partial charge in [0.1, 0.15) is 23.1 Å². The second-order valence-corrected chi connectivity index (χ2v) is 4.92. The molecule has 0 atom stereocenters. The first-order valence-corrected chi connectivity index (χ1v) is 6.94. The van der Waals surface area contributed by atoms with E-state index in [0.29, 0.717) is 23.7 Å². The Morgan fingerprint density at radius 2 is 1.80 bits per heavy atom. The van der Waals surface area contributed by atoms with E-state index in [1.165, 1.54) is 0 Å². The summed E-state index contributed by atoms with van der Waals surface area (Å²) >= 11 is 3.41. The SMILES string of the molecule is CCOc1ccc(Oc2ccc(C(=N)N)cc2Br)cc1. The van der Waals surface area contributed by atoms with Crippen molar-refractivity contribution in [1.29, 1.82) is 5.41 Å². The third kappa shape index (κ3) is 3.51. The van der Waals surface area contributed by atoms with Gasteiger partial charge in [0, 0.05) is 5.56 Å². The van der Waals surface area contributed by atoms with Gasteiger partial charge in [-0.1, -0.05) is 0 Å². The van der Waals surface area contributed by atoms with Gasteiger partial charge in [-0.2, -0.15) is 0 Å². The quantitative estimate of drug-likeness (QED) is 0.643. The molecule has 2 aromatic carbocycles. The summed E-state index contributed by atoms with van der Waals surface area (Å²) in [5, 5.41) is 7.39. The molecule has 20 heavy (non-hydrogen) atoms. The summed E-state index contributed by atoms with van der Waals surface area (Å²) < 4.78 is 11.9. The fourth-order valence-electron chi connectivity index (χ4n) is 1.65. The number of rotatable bonds is 5. The number of amidine groups is 1. The molecule has 0 aliphatic rings. The molecule has 0 aromatic heterocycles. The van der Waals surface area contributed by atoms with E-state index >= 15 is 0 Å². The van der Waals surface area contributed by atoms with E-state index in [0.717, 1.165) is 10.2 Å². The van der Waals surface area contributed by atoms with E-state index in [1.54, 1.807) is 18.2 Å². The van der Waals surface area contributed by atoms with Crippen LogP contribution in [0.1, 0.15) is 12.5 Å². The summed E-state index contributed by atoms with van der Waals surface area (Å²) in [6, 6.07) is 12.7. The number of halogens is 1. The Morgan fingerprint density at radius 3 is 2.35 bits per heavy atom. The first kappa shape index (κ1) is 14.4. The van der Waals surface area contributed by atoms with Crippen molar-refractivity contribution in [1.82, 2.24) is 0 Å². The fraction of sp³-hybridized carbons (Fsp3) is 0.133. The van der Waals surface area contributed by atoms with E-state index in [9.17, 15) is 0 Å². The van der Waals surface area contributed by atoms with Crippen LogP contribution in [0.15, 0.2) is 46.9 Å². The average molecular weight is 335 g/mol. The van der Waals surface area contributed by atoms with E-state index in [4.69, 9.17) is 20.6 Å². The zero-order chi connectivity index (χ0) is 14.5. The first-order valence-electron chi connectivity index (χ1n) is 6.15. The number of ether oxygens (including phenoxy) is 2. The van der Waals surface area contributed by atoms with Crippen molar-refractivity contribution < 1.29 is 9.47 Å². The lowest BCUT2D eigenvalue weighted by Crippen LogP contribution is -2.10. The molecule has 2 rings (SSSR count). The fourth-order valence-corrected chi connectivity index (χ4v) is 2.11. The van der Waals surface area contributed by atoms with Gasteiger partial charge in [0.15, 0.2) is 0 Å². The zero-order valence-electron chi connectivity index (χ0n) is 11.0. The highest BCUT2D eigenvalue weighted by atomic mass is 79.9. The molecular weight excluding hydrogens is 320 g/mol. The van der Waals surface area contributed by atoms with Crippen LogP contribution >= 0.6 is 15.9 Å². The minimum Gasteiger partial charge on any atom is -0.494 e. The number of nitrogens with two attached hydrogens (primary N) is 1. The Labute approximate surface area is 126 Å². The lowest BCUT2D eigenvalue weighted by molar-refractivity contribution is 0.339. The summed E-state index contributed by atoms with van der Waals surface area (Å²) in [6.45, 7) is 2.58. The van der Waals surface area contributed by atoms with E-state index < -0.39 is 0 Å². The van der Waals surface area contributed by atoms with Crippen molar-refractivity contribution in [3.8, 4) is 17.2 Å². The topological polar surface area (TPSA) is 68.3 Å². The highest BCUT2D eigenvalue weighted by molar-refractivity contribution is 9.10. The largest absolute Gasteiger partial charge is 0.494 e.